The van der Waals surface area contributed by atoms with Crippen LogP contribution in [0.15, 0.2) is 23.6 Å². The van der Waals surface area contributed by atoms with Crippen molar-refractivity contribution in [3.05, 3.63) is 45.7 Å². The van der Waals surface area contributed by atoms with E-state index in [1.165, 1.54) is 6.07 Å². The van der Waals surface area contributed by atoms with Crippen LogP contribution in [0.5, 0.6) is 5.75 Å². The predicted molar refractivity (Wildman–Crippen MR) is 74.7 cm³/mol. The smallest absolute Gasteiger partial charge is 0.165 e. The average molecular weight is 280 g/mol. The number of nitrogens with two attached hydrogens (primary N) is 1. The minimum absolute atomic E-state index is 0.232. The molecule has 3 nitrogen and oxygen atoms in total. The van der Waals surface area contributed by atoms with Gasteiger partial charge in [-0.15, -0.1) is 11.3 Å². The highest BCUT2D eigenvalue weighted by atomic mass is 32.1. The van der Waals surface area contributed by atoms with Gasteiger partial charge in [0.2, 0.25) is 0 Å². The van der Waals surface area contributed by atoms with Gasteiger partial charge in [0.1, 0.15) is 6.61 Å². The molecule has 0 saturated carbocycles. The van der Waals surface area contributed by atoms with E-state index in [9.17, 15) is 4.39 Å². The maximum absolute atomic E-state index is 13.7. The van der Waals surface area contributed by atoms with Gasteiger partial charge < -0.3 is 10.5 Å². The summed E-state index contributed by atoms with van der Waals surface area (Å²) in [7, 11) is 0. The van der Waals surface area contributed by atoms with Crippen molar-refractivity contribution in [1.82, 2.24) is 4.98 Å². The molecule has 19 heavy (non-hydrogen) atoms. The fourth-order valence-electron chi connectivity index (χ4n) is 1.77. The molecule has 0 spiro atoms. The van der Waals surface area contributed by atoms with E-state index < -0.39 is 0 Å². The van der Waals surface area contributed by atoms with Crippen LogP contribution in [0.2, 0.25) is 0 Å². The standard InChI is InChI=1S/C14H17FN2OS/c1-2-4-13-17-11(9-19-13)8-18-14-10(7-16)5-3-6-12(14)15/h3,5-6,9H,2,4,7-8,16H2,1H3. The average Bonchev–Trinajstić information content (AvgIpc) is 2.85. The van der Waals surface area contributed by atoms with E-state index in [1.807, 2.05) is 5.38 Å². The van der Waals surface area contributed by atoms with Gasteiger partial charge in [-0.25, -0.2) is 9.37 Å². The fourth-order valence-corrected chi connectivity index (χ4v) is 2.65. The summed E-state index contributed by atoms with van der Waals surface area (Å²) in [4.78, 5) is 4.44. The number of nitrogens with zero attached hydrogens (tertiary/aromatic N) is 1. The molecule has 0 aliphatic carbocycles. The van der Waals surface area contributed by atoms with Crippen LogP contribution >= 0.6 is 11.3 Å². The normalized spacial score (nSPS) is 10.7. The van der Waals surface area contributed by atoms with E-state index in [4.69, 9.17) is 10.5 Å². The van der Waals surface area contributed by atoms with Crippen LogP contribution < -0.4 is 10.5 Å². The third-order valence-electron chi connectivity index (χ3n) is 2.70. The summed E-state index contributed by atoms with van der Waals surface area (Å²) in [6, 6.07) is 4.77. The van der Waals surface area contributed by atoms with Gasteiger partial charge >= 0.3 is 0 Å². The van der Waals surface area contributed by atoms with Crippen LogP contribution in [0.3, 0.4) is 0 Å². The minimum Gasteiger partial charge on any atom is -0.484 e. The van der Waals surface area contributed by atoms with Crippen LogP contribution in [-0.2, 0) is 19.6 Å². The van der Waals surface area contributed by atoms with Crippen molar-refractivity contribution >= 4 is 11.3 Å². The molecule has 102 valence electrons. The van der Waals surface area contributed by atoms with E-state index >= 15 is 0 Å². The highest BCUT2D eigenvalue weighted by molar-refractivity contribution is 7.09. The van der Waals surface area contributed by atoms with Gasteiger partial charge in [-0.2, -0.15) is 0 Å². The zero-order chi connectivity index (χ0) is 13.7. The number of rotatable bonds is 6. The van der Waals surface area contributed by atoms with Crippen LogP contribution in [0, 0.1) is 5.82 Å². The van der Waals surface area contributed by atoms with Gasteiger partial charge in [-0.3, -0.25) is 0 Å². The molecule has 0 amide bonds. The third kappa shape index (κ3) is 3.52. The van der Waals surface area contributed by atoms with Crippen LogP contribution in [0.4, 0.5) is 4.39 Å². The highest BCUT2D eigenvalue weighted by Gasteiger charge is 2.10. The Morgan fingerprint density at radius 3 is 3.00 bits per heavy atom. The van der Waals surface area contributed by atoms with E-state index in [0.29, 0.717) is 5.56 Å². The Morgan fingerprint density at radius 1 is 1.42 bits per heavy atom. The second-order valence-corrected chi connectivity index (χ2v) is 5.15. The molecule has 2 aromatic rings. The van der Waals surface area contributed by atoms with Crippen molar-refractivity contribution in [3.63, 3.8) is 0 Å². The maximum Gasteiger partial charge on any atom is 0.165 e. The first-order chi connectivity index (χ1) is 9.24. The molecule has 0 fully saturated rings. The maximum atomic E-state index is 13.7. The number of thiazole rings is 1. The van der Waals surface area contributed by atoms with Crippen molar-refractivity contribution in [2.24, 2.45) is 5.73 Å². The molecular formula is C14H17FN2OS. The number of benzene rings is 1. The molecule has 0 radical (unpaired) electrons. The summed E-state index contributed by atoms with van der Waals surface area (Å²) in [5.74, 6) is -0.151. The second kappa shape index (κ2) is 6.63. The number of halogens is 1. The van der Waals surface area contributed by atoms with Crippen molar-refractivity contribution in [2.75, 3.05) is 0 Å². The van der Waals surface area contributed by atoms with Crippen LogP contribution in [0.1, 0.15) is 29.6 Å². The quantitative estimate of drug-likeness (QED) is 0.883. The van der Waals surface area contributed by atoms with E-state index in [-0.39, 0.29) is 24.7 Å². The minimum atomic E-state index is -0.382. The lowest BCUT2D eigenvalue weighted by molar-refractivity contribution is 0.283. The lowest BCUT2D eigenvalue weighted by atomic mass is 10.2. The fraction of sp³-hybridized carbons (Fsp3) is 0.357. The molecule has 5 heteroatoms. The molecule has 0 aliphatic heterocycles. The molecule has 1 aromatic carbocycles. The Hall–Kier alpha value is -1.46. The molecule has 1 aromatic heterocycles. The SMILES string of the molecule is CCCc1nc(COc2c(F)cccc2CN)cs1. The van der Waals surface area contributed by atoms with Crippen molar-refractivity contribution in [1.29, 1.82) is 0 Å². The Labute approximate surface area is 116 Å². The van der Waals surface area contributed by atoms with E-state index in [2.05, 4.69) is 11.9 Å². The van der Waals surface area contributed by atoms with Gasteiger partial charge in [0.25, 0.3) is 0 Å². The summed E-state index contributed by atoms with van der Waals surface area (Å²) in [6.07, 6.45) is 2.04. The topological polar surface area (TPSA) is 48.1 Å². The summed E-state index contributed by atoms with van der Waals surface area (Å²) < 4.78 is 19.2. The predicted octanol–water partition coefficient (Wildman–Crippen LogP) is 3.27. The Balaban J connectivity index is 2.05. The Bertz CT molecular complexity index is 542. The molecule has 0 unspecified atom stereocenters. The number of aromatic nitrogens is 1. The van der Waals surface area contributed by atoms with Crippen LogP contribution in [0.25, 0.3) is 0 Å². The molecule has 0 saturated heterocycles. The third-order valence-corrected chi connectivity index (χ3v) is 3.65. The van der Waals surface area contributed by atoms with Crippen molar-refractivity contribution in [2.45, 2.75) is 32.9 Å². The molecule has 0 aliphatic rings. The van der Waals surface area contributed by atoms with Gasteiger partial charge in [-0.1, -0.05) is 19.1 Å². The molecule has 0 bridgehead atoms. The zero-order valence-corrected chi connectivity index (χ0v) is 11.7. The molecule has 2 N–H and O–H groups in total. The number of ether oxygens (including phenoxy) is 1. The number of aryl methyl sites for hydroxylation is 1. The second-order valence-electron chi connectivity index (χ2n) is 4.20. The van der Waals surface area contributed by atoms with Crippen molar-refractivity contribution in [3.8, 4) is 5.75 Å². The zero-order valence-electron chi connectivity index (χ0n) is 10.9. The van der Waals surface area contributed by atoms with E-state index in [1.54, 1.807) is 23.5 Å². The molecular weight excluding hydrogens is 263 g/mol. The summed E-state index contributed by atoms with van der Waals surface area (Å²) in [5.41, 5.74) is 7.08. The van der Waals surface area contributed by atoms with E-state index in [0.717, 1.165) is 23.5 Å². The Morgan fingerprint density at radius 2 is 2.26 bits per heavy atom. The van der Waals surface area contributed by atoms with Gasteiger partial charge in [0, 0.05) is 17.5 Å². The lowest BCUT2D eigenvalue weighted by Crippen LogP contribution is -2.05. The first-order valence-electron chi connectivity index (χ1n) is 6.28. The summed E-state index contributed by atoms with van der Waals surface area (Å²) >= 11 is 1.61. The van der Waals surface area contributed by atoms with Crippen LogP contribution in [-0.4, -0.2) is 4.98 Å². The molecule has 2 rings (SSSR count). The summed E-state index contributed by atoms with van der Waals surface area (Å²) in [6.45, 7) is 2.64. The van der Waals surface area contributed by atoms with Crippen molar-refractivity contribution < 1.29 is 9.13 Å². The number of para-hydroxylation sites is 1. The first-order valence-corrected chi connectivity index (χ1v) is 7.16. The van der Waals surface area contributed by atoms with Gasteiger partial charge in [0.15, 0.2) is 11.6 Å². The highest BCUT2D eigenvalue weighted by Crippen LogP contribution is 2.23. The van der Waals surface area contributed by atoms with Gasteiger partial charge in [-0.05, 0) is 18.9 Å². The van der Waals surface area contributed by atoms with Gasteiger partial charge in [0.05, 0.1) is 10.7 Å². The Kier molecular flexibility index (Phi) is 4.87. The molecule has 1 heterocycles. The monoisotopic (exact) mass is 280 g/mol. The number of hydrogen-bond donors (Lipinski definition) is 1. The first kappa shape index (κ1) is 14.0. The number of hydrogen-bond acceptors (Lipinski definition) is 4. The molecule has 0 atom stereocenters. The summed E-state index contributed by atoms with van der Waals surface area (Å²) in [5, 5.41) is 3.04. The lowest BCUT2D eigenvalue weighted by Gasteiger charge is -2.10. The largest absolute Gasteiger partial charge is 0.484 e.